The second kappa shape index (κ2) is 5.75. The van der Waals surface area contributed by atoms with Crippen molar-refractivity contribution in [1.29, 1.82) is 0 Å². The first-order valence-electron chi connectivity index (χ1n) is 6.91. The lowest BCUT2D eigenvalue weighted by molar-refractivity contribution is 0.0987. The maximum Gasteiger partial charge on any atom is 0.187 e. The minimum absolute atomic E-state index is 0.0293. The molecule has 1 aliphatic rings. The molecule has 0 bridgehead atoms. The SMILES string of the molecule is O=C(Cc1ccn(C2CCCC2)n1)c1ccc(Cl)cn1. The van der Waals surface area contributed by atoms with E-state index in [1.807, 2.05) is 16.9 Å². The van der Waals surface area contributed by atoms with E-state index in [0.717, 1.165) is 5.69 Å². The zero-order valence-corrected chi connectivity index (χ0v) is 11.9. The highest BCUT2D eigenvalue weighted by atomic mass is 35.5. The largest absolute Gasteiger partial charge is 0.292 e. The average molecular weight is 290 g/mol. The van der Waals surface area contributed by atoms with Crippen LogP contribution < -0.4 is 0 Å². The molecule has 0 radical (unpaired) electrons. The Morgan fingerprint density at radius 3 is 2.80 bits per heavy atom. The monoisotopic (exact) mass is 289 g/mol. The van der Waals surface area contributed by atoms with Crippen LogP contribution in [-0.2, 0) is 6.42 Å². The Balaban J connectivity index is 1.68. The Kier molecular flexibility index (Phi) is 3.83. The van der Waals surface area contributed by atoms with E-state index in [-0.39, 0.29) is 12.2 Å². The van der Waals surface area contributed by atoms with Gasteiger partial charge in [0.15, 0.2) is 5.78 Å². The summed E-state index contributed by atoms with van der Waals surface area (Å²) in [6, 6.07) is 5.76. The normalized spacial score (nSPS) is 15.7. The summed E-state index contributed by atoms with van der Waals surface area (Å²) in [4.78, 5) is 16.1. The molecule has 0 saturated heterocycles. The van der Waals surface area contributed by atoms with Crippen LogP contribution in [0, 0.1) is 0 Å². The molecular formula is C15H16ClN3O. The van der Waals surface area contributed by atoms with Crippen molar-refractivity contribution in [3.63, 3.8) is 0 Å². The fraction of sp³-hybridized carbons (Fsp3) is 0.400. The van der Waals surface area contributed by atoms with Gasteiger partial charge in [0.1, 0.15) is 5.69 Å². The Labute approximate surface area is 122 Å². The molecule has 1 aliphatic carbocycles. The van der Waals surface area contributed by atoms with Crippen LogP contribution in [0.3, 0.4) is 0 Å². The first-order valence-corrected chi connectivity index (χ1v) is 7.29. The molecule has 1 saturated carbocycles. The highest BCUT2D eigenvalue weighted by Gasteiger charge is 2.18. The molecule has 0 spiro atoms. The van der Waals surface area contributed by atoms with Crippen LogP contribution >= 0.6 is 11.6 Å². The van der Waals surface area contributed by atoms with Crippen LogP contribution in [0.2, 0.25) is 5.02 Å². The molecule has 0 atom stereocenters. The minimum Gasteiger partial charge on any atom is -0.292 e. The number of rotatable bonds is 4. The first-order chi connectivity index (χ1) is 9.72. The summed E-state index contributed by atoms with van der Waals surface area (Å²) in [5.41, 5.74) is 1.24. The maximum absolute atomic E-state index is 12.1. The number of hydrogen-bond donors (Lipinski definition) is 0. The van der Waals surface area contributed by atoms with E-state index >= 15 is 0 Å². The molecule has 2 aromatic rings. The molecule has 104 valence electrons. The average Bonchev–Trinajstić information content (AvgIpc) is 3.09. The Bertz CT molecular complexity index is 600. The third kappa shape index (κ3) is 2.90. The van der Waals surface area contributed by atoms with E-state index in [9.17, 15) is 4.79 Å². The zero-order valence-electron chi connectivity index (χ0n) is 11.1. The van der Waals surface area contributed by atoms with Gasteiger partial charge in [-0.1, -0.05) is 24.4 Å². The number of aromatic nitrogens is 3. The summed E-state index contributed by atoms with van der Waals surface area (Å²) >= 11 is 5.76. The molecule has 1 fully saturated rings. The molecule has 2 aromatic heterocycles. The second-order valence-electron chi connectivity index (χ2n) is 5.19. The van der Waals surface area contributed by atoms with Crippen molar-refractivity contribution in [2.45, 2.75) is 38.1 Å². The van der Waals surface area contributed by atoms with E-state index in [1.54, 1.807) is 12.1 Å². The molecule has 4 nitrogen and oxygen atoms in total. The fourth-order valence-corrected chi connectivity index (χ4v) is 2.75. The van der Waals surface area contributed by atoms with E-state index in [1.165, 1.54) is 31.9 Å². The lowest BCUT2D eigenvalue weighted by atomic mass is 10.1. The number of carbonyl (C=O) groups excluding carboxylic acids is 1. The summed E-state index contributed by atoms with van der Waals surface area (Å²) in [5.74, 6) is -0.0293. The molecule has 3 rings (SSSR count). The van der Waals surface area contributed by atoms with Crippen LogP contribution in [0.4, 0.5) is 0 Å². The number of ketones is 1. The minimum atomic E-state index is -0.0293. The maximum atomic E-state index is 12.1. The van der Waals surface area contributed by atoms with Crippen LogP contribution in [0.5, 0.6) is 0 Å². The summed E-state index contributed by atoms with van der Waals surface area (Å²) < 4.78 is 2.00. The second-order valence-corrected chi connectivity index (χ2v) is 5.62. The van der Waals surface area contributed by atoms with Crippen molar-refractivity contribution in [3.05, 3.63) is 47.0 Å². The van der Waals surface area contributed by atoms with Crippen molar-refractivity contribution in [3.8, 4) is 0 Å². The highest BCUT2D eigenvalue weighted by Crippen LogP contribution is 2.28. The molecule has 2 heterocycles. The lowest BCUT2D eigenvalue weighted by Crippen LogP contribution is -2.09. The summed E-state index contributed by atoms with van der Waals surface area (Å²) in [7, 11) is 0. The lowest BCUT2D eigenvalue weighted by Gasteiger charge is -2.08. The van der Waals surface area contributed by atoms with Gasteiger partial charge in [-0.15, -0.1) is 0 Å². The summed E-state index contributed by atoms with van der Waals surface area (Å²) in [5, 5.41) is 5.05. The number of hydrogen-bond acceptors (Lipinski definition) is 3. The van der Waals surface area contributed by atoms with Gasteiger partial charge in [-0.2, -0.15) is 5.10 Å². The molecule has 20 heavy (non-hydrogen) atoms. The third-order valence-corrected chi connectivity index (χ3v) is 3.94. The standard InChI is InChI=1S/C15H16ClN3O/c16-11-5-6-14(17-10-11)15(20)9-12-7-8-19(18-12)13-3-1-2-4-13/h5-8,10,13H,1-4,9H2. The van der Waals surface area contributed by atoms with Gasteiger partial charge >= 0.3 is 0 Å². The Morgan fingerprint density at radius 2 is 2.10 bits per heavy atom. The van der Waals surface area contributed by atoms with Crippen LogP contribution in [0.1, 0.15) is 47.9 Å². The predicted octanol–water partition coefficient (Wildman–Crippen LogP) is 3.47. The summed E-state index contributed by atoms with van der Waals surface area (Å²) in [6.07, 6.45) is 8.68. The molecule has 0 aliphatic heterocycles. The number of carbonyl (C=O) groups is 1. The van der Waals surface area contributed by atoms with E-state index in [0.29, 0.717) is 16.8 Å². The van der Waals surface area contributed by atoms with E-state index in [2.05, 4.69) is 10.1 Å². The van der Waals surface area contributed by atoms with Crippen molar-refractivity contribution < 1.29 is 4.79 Å². The molecule has 0 N–H and O–H groups in total. The molecule has 0 amide bonds. The van der Waals surface area contributed by atoms with Crippen LogP contribution in [0.25, 0.3) is 0 Å². The quantitative estimate of drug-likeness (QED) is 0.810. The molecule has 0 unspecified atom stereocenters. The smallest absolute Gasteiger partial charge is 0.187 e. The molecule has 0 aromatic carbocycles. The number of Topliss-reactive ketones (excluding diaryl/α,β-unsaturated/α-hetero) is 1. The topological polar surface area (TPSA) is 47.8 Å². The predicted molar refractivity (Wildman–Crippen MR) is 77.0 cm³/mol. The van der Waals surface area contributed by atoms with Gasteiger partial charge in [-0.05, 0) is 31.0 Å². The first kappa shape index (κ1) is 13.3. The number of halogens is 1. The zero-order chi connectivity index (χ0) is 13.9. The van der Waals surface area contributed by atoms with Crippen molar-refractivity contribution in [2.75, 3.05) is 0 Å². The van der Waals surface area contributed by atoms with Gasteiger partial charge in [-0.25, -0.2) is 0 Å². The third-order valence-electron chi connectivity index (χ3n) is 3.72. The van der Waals surface area contributed by atoms with E-state index < -0.39 is 0 Å². The number of nitrogens with zero attached hydrogens (tertiary/aromatic N) is 3. The highest BCUT2D eigenvalue weighted by molar-refractivity contribution is 6.30. The van der Waals surface area contributed by atoms with Gasteiger partial charge in [0.2, 0.25) is 0 Å². The summed E-state index contributed by atoms with van der Waals surface area (Å²) in [6.45, 7) is 0. The van der Waals surface area contributed by atoms with Crippen LogP contribution in [-0.4, -0.2) is 20.5 Å². The van der Waals surface area contributed by atoms with Crippen molar-refractivity contribution >= 4 is 17.4 Å². The van der Waals surface area contributed by atoms with Gasteiger partial charge < -0.3 is 0 Å². The van der Waals surface area contributed by atoms with Crippen LogP contribution in [0.15, 0.2) is 30.6 Å². The van der Waals surface area contributed by atoms with Crippen molar-refractivity contribution in [1.82, 2.24) is 14.8 Å². The van der Waals surface area contributed by atoms with Gasteiger partial charge in [-0.3, -0.25) is 14.5 Å². The van der Waals surface area contributed by atoms with Gasteiger partial charge in [0.05, 0.1) is 23.2 Å². The van der Waals surface area contributed by atoms with E-state index in [4.69, 9.17) is 11.6 Å². The Hall–Kier alpha value is -1.68. The molecular weight excluding hydrogens is 274 g/mol. The van der Waals surface area contributed by atoms with Gasteiger partial charge in [0, 0.05) is 12.4 Å². The molecule has 5 heteroatoms. The van der Waals surface area contributed by atoms with Crippen molar-refractivity contribution in [2.24, 2.45) is 0 Å². The Morgan fingerprint density at radius 1 is 1.30 bits per heavy atom. The fourth-order valence-electron chi connectivity index (χ4n) is 2.64. The number of pyridine rings is 1. The van der Waals surface area contributed by atoms with Gasteiger partial charge in [0.25, 0.3) is 0 Å².